The highest BCUT2D eigenvalue weighted by Crippen LogP contribution is 2.34. The normalized spacial score (nSPS) is 20.8. The maximum Gasteiger partial charge on any atom is 0.249 e. The summed E-state index contributed by atoms with van der Waals surface area (Å²) in [6.45, 7) is 1.50. The van der Waals surface area contributed by atoms with Crippen molar-refractivity contribution in [2.45, 2.75) is 19.1 Å². The average molecular weight is 289 g/mol. The Morgan fingerprint density at radius 2 is 2.25 bits per heavy atom. The van der Waals surface area contributed by atoms with Crippen LogP contribution in [-0.2, 0) is 4.79 Å². The van der Waals surface area contributed by atoms with Crippen LogP contribution in [0.25, 0.3) is 0 Å². The molecule has 2 rings (SSSR count). The van der Waals surface area contributed by atoms with Gasteiger partial charge >= 0.3 is 0 Å². The molecule has 0 aliphatic carbocycles. The molecule has 2 unspecified atom stereocenters. The predicted molar refractivity (Wildman–Crippen MR) is 61.8 cm³/mol. The molecule has 0 aromatic heterocycles. The molecule has 4 nitrogen and oxygen atoms in total. The van der Waals surface area contributed by atoms with Crippen molar-refractivity contribution in [2.75, 3.05) is 10.6 Å². The molecule has 1 aliphatic heterocycles. The Morgan fingerprint density at radius 1 is 1.56 bits per heavy atom. The Morgan fingerprint density at radius 3 is 2.88 bits per heavy atom. The second kappa shape index (κ2) is 4.03. The summed E-state index contributed by atoms with van der Waals surface area (Å²) >= 11 is 3.03. The van der Waals surface area contributed by atoms with Gasteiger partial charge in [0.1, 0.15) is 11.7 Å². The third kappa shape index (κ3) is 1.78. The Balaban J connectivity index is 2.42. The summed E-state index contributed by atoms with van der Waals surface area (Å²) in [7, 11) is 0. The summed E-state index contributed by atoms with van der Waals surface area (Å²) in [6.07, 6.45) is -0.847. The second-order valence-corrected chi connectivity index (χ2v) is 4.49. The van der Waals surface area contributed by atoms with E-state index in [2.05, 4.69) is 26.6 Å². The Hall–Kier alpha value is -1.14. The first-order valence-corrected chi connectivity index (χ1v) is 5.53. The highest BCUT2D eigenvalue weighted by molar-refractivity contribution is 9.10. The van der Waals surface area contributed by atoms with Crippen LogP contribution in [0.3, 0.4) is 0 Å². The molecule has 3 N–H and O–H groups in total. The maximum atomic E-state index is 13.6. The zero-order valence-electron chi connectivity index (χ0n) is 8.42. The Kier molecular flexibility index (Phi) is 2.86. The van der Waals surface area contributed by atoms with E-state index in [1.54, 1.807) is 6.07 Å². The summed E-state index contributed by atoms with van der Waals surface area (Å²) in [5, 5.41) is 14.6. The van der Waals surface area contributed by atoms with Crippen molar-refractivity contribution in [1.82, 2.24) is 0 Å². The van der Waals surface area contributed by atoms with E-state index >= 15 is 0 Å². The molecule has 0 bridgehead atoms. The molecule has 1 amide bonds. The van der Waals surface area contributed by atoms with E-state index in [0.29, 0.717) is 5.69 Å². The summed E-state index contributed by atoms with van der Waals surface area (Å²) in [6, 6.07) is 2.42. The zero-order valence-corrected chi connectivity index (χ0v) is 10.0. The summed E-state index contributed by atoms with van der Waals surface area (Å²) in [5.41, 5.74) is 0.572. The van der Waals surface area contributed by atoms with Gasteiger partial charge in [-0.05, 0) is 35.0 Å². The number of aliphatic hydroxyl groups is 1. The number of halogens is 2. The van der Waals surface area contributed by atoms with Crippen molar-refractivity contribution in [2.24, 2.45) is 0 Å². The van der Waals surface area contributed by atoms with E-state index in [1.807, 2.05) is 0 Å². The number of fused-ring (bicyclic) bond motifs is 1. The van der Waals surface area contributed by atoms with Gasteiger partial charge in [-0.3, -0.25) is 4.79 Å². The largest absolute Gasteiger partial charge is 0.391 e. The first-order chi connectivity index (χ1) is 7.50. The number of carbonyl (C=O) groups is 1. The molecule has 1 aliphatic rings. The van der Waals surface area contributed by atoms with Gasteiger partial charge in [-0.2, -0.15) is 0 Å². The maximum absolute atomic E-state index is 13.6. The minimum atomic E-state index is -0.847. The van der Waals surface area contributed by atoms with E-state index in [1.165, 1.54) is 13.0 Å². The molecule has 16 heavy (non-hydrogen) atoms. The van der Waals surface area contributed by atoms with Crippen LogP contribution in [-0.4, -0.2) is 23.2 Å². The van der Waals surface area contributed by atoms with Crippen LogP contribution >= 0.6 is 15.9 Å². The molecule has 2 atom stereocenters. The number of carbonyl (C=O) groups excluding carboxylic acids is 1. The van der Waals surface area contributed by atoms with Crippen molar-refractivity contribution in [1.29, 1.82) is 0 Å². The Labute approximate surface area is 100.0 Å². The number of rotatable bonds is 1. The molecule has 0 saturated carbocycles. The summed E-state index contributed by atoms with van der Waals surface area (Å²) in [4.78, 5) is 11.5. The van der Waals surface area contributed by atoms with Crippen molar-refractivity contribution >= 4 is 33.2 Å². The molecule has 86 valence electrons. The highest BCUT2D eigenvalue weighted by Gasteiger charge is 2.31. The topological polar surface area (TPSA) is 61.4 Å². The van der Waals surface area contributed by atoms with Gasteiger partial charge < -0.3 is 15.7 Å². The fourth-order valence-electron chi connectivity index (χ4n) is 1.57. The van der Waals surface area contributed by atoms with Gasteiger partial charge in [-0.1, -0.05) is 0 Å². The number of hydrogen-bond acceptors (Lipinski definition) is 3. The van der Waals surface area contributed by atoms with Crippen molar-refractivity contribution in [3.63, 3.8) is 0 Å². The molecule has 0 fully saturated rings. The number of benzene rings is 1. The van der Waals surface area contributed by atoms with Crippen LogP contribution in [0.5, 0.6) is 0 Å². The Bertz CT molecular complexity index is 451. The first kappa shape index (κ1) is 11.3. The number of nitrogens with one attached hydrogen (secondary N) is 2. The van der Waals surface area contributed by atoms with E-state index in [9.17, 15) is 14.3 Å². The number of amides is 1. The molecular weight excluding hydrogens is 279 g/mol. The lowest BCUT2D eigenvalue weighted by molar-refractivity contribution is -0.119. The minimum Gasteiger partial charge on any atom is -0.391 e. The fraction of sp³-hybridized carbons (Fsp3) is 0.300. The molecule has 0 radical (unpaired) electrons. The molecule has 0 saturated heterocycles. The molecule has 1 heterocycles. The average Bonchev–Trinajstić information content (AvgIpc) is 2.23. The van der Waals surface area contributed by atoms with E-state index in [0.717, 1.165) is 0 Å². The lowest BCUT2D eigenvalue weighted by Gasteiger charge is -2.28. The number of hydrogen-bond donors (Lipinski definition) is 3. The van der Waals surface area contributed by atoms with Gasteiger partial charge in [0, 0.05) is 0 Å². The van der Waals surface area contributed by atoms with Crippen molar-refractivity contribution in [3.8, 4) is 0 Å². The number of aliphatic hydroxyl groups excluding tert-OH is 1. The SMILES string of the molecule is CC(O)C1Nc2ccc(Br)c(F)c2NC1=O. The van der Waals surface area contributed by atoms with Gasteiger partial charge in [-0.15, -0.1) is 0 Å². The van der Waals surface area contributed by atoms with Gasteiger partial charge in [0.25, 0.3) is 0 Å². The molecular formula is C10H10BrFN2O2. The first-order valence-electron chi connectivity index (χ1n) is 4.74. The second-order valence-electron chi connectivity index (χ2n) is 3.64. The monoisotopic (exact) mass is 288 g/mol. The van der Waals surface area contributed by atoms with E-state index < -0.39 is 23.9 Å². The predicted octanol–water partition coefficient (Wildman–Crippen LogP) is 1.70. The summed E-state index contributed by atoms with van der Waals surface area (Å²) in [5.74, 6) is -0.970. The van der Waals surface area contributed by atoms with Crippen LogP contribution in [0.2, 0.25) is 0 Å². The summed E-state index contributed by atoms with van der Waals surface area (Å²) < 4.78 is 13.9. The number of anilines is 2. The van der Waals surface area contributed by atoms with E-state index in [-0.39, 0.29) is 10.2 Å². The van der Waals surface area contributed by atoms with Crippen LogP contribution in [0.15, 0.2) is 16.6 Å². The smallest absolute Gasteiger partial charge is 0.249 e. The van der Waals surface area contributed by atoms with Gasteiger partial charge in [0.05, 0.1) is 16.3 Å². The van der Waals surface area contributed by atoms with Crippen LogP contribution in [0.1, 0.15) is 6.92 Å². The zero-order chi connectivity index (χ0) is 11.9. The van der Waals surface area contributed by atoms with E-state index in [4.69, 9.17) is 0 Å². The third-order valence-corrected chi connectivity index (χ3v) is 3.03. The molecule has 1 aromatic rings. The quantitative estimate of drug-likeness (QED) is 0.737. The van der Waals surface area contributed by atoms with Crippen LogP contribution < -0.4 is 10.6 Å². The van der Waals surface area contributed by atoms with Gasteiger partial charge in [-0.25, -0.2) is 4.39 Å². The molecule has 1 aromatic carbocycles. The van der Waals surface area contributed by atoms with Crippen molar-refractivity contribution in [3.05, 3.63) is 22.4 Å². The van der Waals surface area contributed by atoms with Gasteiger partial charge in [0.15, 0.2) is 5.82 Å². The van der Waals surface area contributed by atoms with Crippen LogP contribution in [0, 0.1) is 5.82 Å². The van der Waals surface area contributed by atoms with Crippen LogP contribution in [0.4, 0.5) is 15.8 Å². The third-order valence-electron chi connectivity index (χ3n) is 2.42. The highest BCUT2D eigenvalue weighted by atomic mass is 79.9. The van der Waals surface area contributed by atoms with Gasteiger partial charge in [0.2, 0.25) is 5.91 Å². The minimum absolute atomic E-state index is 0.108. The molecule has 6 heteroatoms. The lowest BCUT2D eigenvalue weighted by Crippen LogP contribution is -2.46. The fourth-order valence-corrected chi connectivity index (χ4v) is 1.90. The standard InChI is InChI=1S/C10H10BrFN2O2/c1-4(15)8-10(16)14-9-6(13-8)3-2-5(11)7(9)12/h2-4,8,13,15H,1H3,(H,14,16). The van der Waals surface area contributed by atoms with Crippen molar-refractivity contribution < 1.29 is 14.3 Å². The lowest BCUT2D eigenvalue weighted by atomic mass is 10.1. The molecule has 0 spiro atoms.